The number of nitrogens with zero attached hydrogens (tertiary/aromatic N) is 3. The van der Waals surface area contributed by atoms with Gasteiger partial charge in [-0.05, 0) is 41.1 Å². The van der Waals surface area contributed by atoms with Gasteiger partial charge in [-0.15, -0.1) is 0 Å². The average molecular weight is 541 g/mol. The number of thiazole rings is 1. The van der Waals surface area contributed by atoms with E-state index in [0.717, 1.165) is 34.7 Å². The number of aromatic nitrogens is 1. The summed E-state index contributed by atoms with van der Waals surface area (Å²) in [7, 11) is -0.595. The second-order valence-corrected chi connectivity index (χ2v) is 12.1. The van der Waals surface area contributed by atoms with Gasteiger partial charge in [-0.3, -0.25) is 15.0 Å². The number of sulfonamides is 1. The largest absolute Gasteiger partial charge is 0.491 e. The third-order valence-electron chi connectivity index (χ3n) is 6.22. The molecule has 1 aliphatic heterocycles. The van der Waals surface area contributed by atoms with E-state index in [2.05, 4.69) is 15.2 Å². The van der Waals surface area contributed by atoms with Crippen LogP contribution >= 0.6 is 11.3 Å². The Balaban J connectivity index is 1.38. The predicted octanol–water partition coefficient (Wildman–Crippen LogP) is 3.66. The summed E-state index contributed by atoms with van der Waals surface area (Å²) in [5.74, 6) is 0.164. The van der Waals surface area contributed by atoms with Gasteiger partial charge < -0.3 is 9.47 Å². The van der Waals surface area contributed by atoms with Crippen LogP contribution in [0.25, 0.3) is 21.0 Å². The molecular formula is C26H28N4O5S2. The van der Waals surface area contributed by atoms with Crippen LogP contribution in [-0.2, 0) is 14.8 Å². The Morgan fingerprint density at radius 1 is 1.11 bits per heavy atom. The first-order valence-electron chi connectivity index (χ1n) is 11.9. The summed E-state index contributed by atoms with van der Waals surface area (Å²) in [6, 6.07) is 16.3. The van der Waals surface area contributed by atoms with E-state index in [1.807, 2.05) is 36.4 Å². The van der Waals surface area contributed by atoms with Crippen molar-refractivity contribution in [1.29, 1.82) is 0 Å². The number of ether oxygens (including phenoxy) is 2. The molecule has 37 heavy (non-hydrogen) atoms. The summed E-state index contributed by atoms with van der Waals surface area (Å²) in [6.07, 6.45) is 0. The maximum Gasteiger partial charge on any atom is 0.261 e. The summed E-state index contributed by atoms with van der Waals surface area (Å²) in [5, 5.41) is 5.16. The number of hydrogen-bond acceptors (Lipinski definition) is 8. The molecule has 0 radical (unpaired) electrons. The molecule has 0 atom stereocenters. The molecule has 0 saturated carbocycles. The van der Waals surface area contributed by atoms with Crippen LogP contribution in [-0.4, -0.2) is 82.1 Å². The van der Waals surface area contributed by atoms with Crippen molar-refractivity contribution >= 4 is 53.4 Å². The fourth-order valence-electron chi connectivity index (χ4n) is 4.12. The number of fused-ring (bicyclic) bond motifs is 2. The van der Waals surface area contributed by atoms with Gasteiger partial charge in [0, 0.05) is 33.7 Å². The van der Waals surface area contributed by atoms with E-state index < -0.39 is 10.0 Å². The number of morpholine rings is 1. The van der Waals surface area contributed by atoms with Crippen LogP contribution in [0.3, 0.4) is 0 Å². The van der Waals surface area contributed by atoms with Gasteiger partial charge in [-0.1, -0.05) is 35.6 Å². The summed E-state index contributed by atoms with van der Waals surface area (Å²) in [4.78, 5) is 20.3. The van der Waals surface area contributed by atoms with Crippen LogP contribution in [0.5, 0.6) is 5.75 Å². The molecule has 1 N–H and O–H groups in total. The van der Waals surface area contributed by atoms with Crippen molar-refractivity contribution in [3.8, 4) is 5.75 Å². The van der Waals surface area contributed by atoms with Gasteiger partial charge in [0.2, 0.25) is 10.0 Å². The van der Waals surface area contributed by atoms with Crippen LogP contribution in [0.4, 0.5) is 5.13 Å². The molecule has 0 unspecified atom stereocenters. The normalized spacial score (nSPS) is 14.9. The highest BCUT2D eigenvalue weighted by Gasteiger charge is 2.20. The van der Waals surface area contributed by atoms with E-state index in [9.17, 15) is 13.2 Å². The van der Waals surface area contributed by atoms with Crippen LogP contribution in [0.15, 0.2) is 59.5 Å². The lowest BCUT2D eigenvalue weighted by Gasteiger charge is -2.26. The van der Waals surface area contributed by atoms with Crippen LogP contribution in [0.2, 0.25) is 0 Å². The Kier molecular flexibility index (Phi) is 7.40. The molecule has 5 rings (SSSR count). The smallest absolute Gasteiger partial charge is 0.261 e. The van der Waals surface area contributed by atoms with E-state index in [-0.39, 0.29) is 10.8 Å². The Hall–Kier alpha value is -3.09. The first-order chi connectivity index (χ1) is 17.8. The first-order valence-corrected chi connectivity index (χ1v) is 14.2. The van der Waals surface area contributed by atoms with Gasteiger partial charge in [0.05, 0.1) is 33.9 Å². The van der Waals surface area contributed by atoms with Crippen molar-refractivity contribution in [3.05, 3.63) is 60.2 Å². The number of amides is 1. The zero-order valence-electron chi connectivity index (χ0n) is 20.6. The maximum absolute atomic E-state index is 13.4. The molecule has 1 fully saturated rings. The van der Waals surface area contributed by atoms with Gasteiger partial charge in [-0.2, -0.15) is 0 Å². The SMILES string of the molecule is CN(C)S(=O)(=O)c1ccc2nc(NC(=O)c3cc4ccccc4cc3OCCN3CCOCC3)sc2c1. The molecule has 0 spiro atoms. The Morgan fingerprint density at radius 3 is 2.57 bits per heavy atom. The zero-order chi connectivity index (χ0) is 26.0. The summed E-state index contributed by atoms with van der Waals surface area (Å²) < 4.78 is 38.3. The van der Waals surface area contributed by atoms with Crippen molar-refractivity contribution in [1.82, 2.24) is 14.2 Å². The predicted molar refractivity (Wildman–Crippen MR) is 145 cm³/mol. The van der Waals surface area contributed by atoms with E-state index in [1.54, 1.807) is 12.1 Å². The molecule has 0 aliphatic carbocycles. The van der Waals surface area contributed by atoms with Crippen molar-refractivity contribution in [2.24, 2.45) is 0 Å². The summed E-state index contributed by atoms with van der Waals surface area (Å²) in [5.41, 5.74) is 1.02. The van der Waals surface area contributed by atoms with Crippen molar-refractivity contribution in [2.75, 3.05) is 58.9 Å². The second-order valence-electron chi connectivity index (χ2n) is 8.89. The van der Waals surface area contributed by atoms with Crippen molar-refractivity contribution in [2.45, 2.75) is 4.90 Å². The minimum atomic E-state index is -3.57. The Morgan fingerprint density at radius 2 is 1.84 bits per heavy atom. The molecule has 2 heterocycles. The third kappa shape index (κ3) is 5.60. The van der Waals surface area contributed by atoms with E-state index in [1.165, 1.54) is 31.5 Å². The van der Waals surface area contributed by atoms with Crippen LogP contribution < -0.4 is 10.1 Å². The average Bonchev–Trinajstić information content (AvgIpc) is 3.30. The zero-order valence-corrected chi connectivity index (χ0v) is 22.3. The van der Waals surface area contributed by atoms with Crippen molar-refractivity contribution in [3.63, 3.8) is 0 Å². The quantitative estimate of drug-likeness (QED) is 0.364. The topological polar surface area (TPSA) is 101 Å². The monoisotopic (exact) mass is 540 g/mol. The van der Waals surface area contributed by atoms with Gasteiger partial charge in [0.25, 0.3) is 5.91 Å². The Labute approximate surface area is 219 Å². The molecule has 1 aromatic heterocycles. The lowest BCUT2D eigenvalue weighted by Crippen LogP contribution is -2.38. The third-order valence-corrected chi connectivity index (χ3v) is 8.96. The summed E-state index contributed by atoms with van der Waals surface area (Å²) >= 11 is 1.22. The van der Waals surface area contributed by atoms with Gasteiger partial charge in [0.1, 0.15) is 12.4 Å². The van der Waals surface area contributed by atoms with E-state index >= 15 is 0 Å². The van der Waals surface area contributed by atoms with Gasteiger partial charge >= 0.3 is 0 Å². The minimum absolute atomic E-state index is 0.178. The highest BCUT2D eigenvalue weighted by atomic mass is 32.2. The highest BCUT2D eigenvalue weighted by Crippen LogP contribution is 2.31. The number of anilines is 1. The number of rotatable bonds is 8. The highest BCUT2D eigenvalue weighted by molar-refractivity contribution is 7.89. The minimum Gasteiger partial charge on any atom is -0.491 e. The lowest BCUT2D eigenvalue weighted by molar-refractivity contribution is 0.0322. The molecule has 9 nitrogen and oxygen atoms in total. The Bertz CT molecular complexity index is 1550. The number of nitrogens with one attached hydrogen (secondary N) is 1. The van der Waals surface area contributed by atoms with Crippen LogP contribution in [0.1, 0.15) is 10.4 Å². The molecular weight excluding hydrogens is 512 g/mol. The summed E-state index contributed by atoms with van der Waals surface area (Å²) in [6.45, 7) is 4.35. The second kappa shape index (κ2) is 10.7. The number of benzene rings is 3. The number of hydrogen-bond donors (Lipinski definition) is 1. The molecule has 1 saturated heterocycles. The molecule has 3 aromatic carbocycles. The van der Waals surface area contributed by atoms with Crippen molar-refractivity contribution < 1.29 is 22.7 Å². The molecule has 1 aliphatic rings. The molecule has 0 bridgehead atoms. The standard InChI is InChI=1S/C26H28N4O5S2/c1-29(2)37(32,33)20-7-8-22-24(17-20)36-26(27-22)28-25(31)21-15-18-5-3-4-6-19(18)16-23(21)35-14-11-30-9-12-34-13-10-30/h3-8,15-17H,9-14H2,1-2H3,(H,27,28,31). The molecule has 4 aromatic rings. The number of carbonyl (C=O) groups is 1. The fraction of sp³-hybridized carbons (Fsp3) is 0.308. The molecule has 1 amide bonds. The van der Waals surface area contributed by atoms with Crippen LogP contribution in [0, 0.1) is 0 Å². The maximum atomic E-state index is 13.4. The van der Waals surface area contributed by atoms with Gasteiger partial charge in [-0.25, -0.2) is 17.7 Å². The molecule has 11 heteroatoms. The van der Waals surface area contributed by atoms with Gasteiger partial charge in [0.15, 0.2) is 5.13 Å². The van der Waals surface area contributed by atoms with E-state index in [0.29, 0.717) is 46.5 Å². The first kappa shape index (κ1) is 25.6. The number of carbonyl (C=O) groups excluding carboxylic acids is 1. The lowest BCUT2D eigenvalue weighted by atomic mass is 10.1. The fourth-order valence-corrected chi connectivity index (χ4v) is 6.02. The molecule has 194 valence electrons. The van der Waals surface area contributed by atoms with E-state index in [4.69, 9.17) is 9.47 Å².